The van der Waals surface area contributed by atoms with E-state index in [1.165, 1.54) is 10.7 Å². The van der Waals surface area contributed by atoms with Crippen LogP contribution in [0.5, 0.6) is 6.01 Å². The molecule has 38 heavy (non-hydrogen) atoms. The van der Waals surface area contributed by atoms with Crippen molar-refractivity contribution >= 4 is 39.1 Å². The molecule has 2 aromatic heterocycles. The van der Waals surface area contributed by atoms with Crippen LogP contribution in [0.3, 0.4) is 0 Å². The zero-order valence-corrected chi connectivity index (χ0v) is 21.5. The Bertz CT molecular complexity index is 1520. The van der Waals surface area contributed by atoms with Crippen LogP contribution >= 0.6 is 0 Å². The number of halogens is 1. The number of hydrogen-bond donors (Lipinski definition) is 3. The second kappa shape index (κ2) is 9.48. The summed E-state index contributed by atoms with van der Waals surface area (Å²) in [4.78, 5) is 24.9. The Morgan fingerprint density at radius 3 is 2.68 bits per heavy atom. The third kappa shape index (κ3) is 4.63. The summed E-state index contributed by atoms with van der Waals surface area (Å²) >= 11 is 0. The van der Waals surface area contributed by atoms with E-state index in [9.17, 15) is 14.3 Å². The Hall–Kier alpha value is -3.83. The first kappa shape index (κ1) is 24.5. The van der Waals surface area contributed by atoms with Crippen molar-refractivity contribution in [2.24, 2.45) is 7.05 Å². The Morgan fingerprint density at radius 1 is 1.18 bits per heavy atom. The van der Waals surface area contributed by atoms with Gasteiger partial charge in [0.25, 0.3) is 5.91 Å². The zero-order valence-electron chi connectivity index (χ0n) is 21.5. The minimum Gasteiger partial charge on any atom is -0.460 e. The Balaban J connectivity index is 1.38. The number of aromatic nitrogens is 4. The molecule has 0 spiro atoms. The molecule has 2 aliphatic rings. The maximum atomic E-state index is 14.6. The predicted octanol–water partition coefficient (Wildman–Crippen LogP) is 3.00. The fourth-order valence-electron chi connectivity index (χ4n) is 5.39. The minimum absolute atomic E-state index is 0.158. The number of aliphatic hydroxyl groups is 1. The fraction of sp³-hybridized carbons (Fsp3) is 0.407. The first-order valence-corrected chi connectivity index (χ1v) is 12.8. The van der Waals surface area contributed by atoms with Crippen molar-refractivity contribution < 1.29 is 19.0 Å². The predicted molar refractivity (Wildman–Crippen MR) is 142 cm³/mol. The maximum Gasteiger partial charge on any atom is 0.317 e. The summed E-state index contributed by atoms with van der Waals surface area (Å²) in [7, 11) is 1.72. The molecule has 3 N–H and O–H groups in total. The summed E-state index contributed by atoms with van der Waals surface area (Å²) in [5.74, 6) is -0.934. The molecule has 198 valence electrons. The molecule has 1 saturated carbocycles. The Morgan fingerprint density at radius 2 is 1.95 bits per heavy atom. The summed E-state index contributed by atoms with van der Waals surface area (Å²) < 4.78 is 22.0. The van der Waals surface area contributed by atoms with E-state index >= 15 is 0 Å². The first-order chi connectivity index (χ1) is 18.2. The number of rotatable bonds is 5. The van der Waals surface area contributed by atoms with Gasteiger partial charge in [-0.25, -0.2) is 9.37 Å². The van der Waals surface area contributed by atoms with E-state index in [2.05, 4.69) is 44.4 Å². The largest absolute Gasteiger partial charge is 0.460 e. The standard InChI is InChI=1S/C27H30FN7O3/c1-14-11-35(12-15(2)30-14)23-5-4-20(25-21(23)10-29-27(32-25)38-19-8-18(36)9-19)26(37)31-17-6-16-13-34(3)33-24(16)22(28)7-17/h4-7,10,13-15,18-19,30,36H,8-9,11-12H2,1-3H3,(H,31,37)/t14-,15-,18?,19?/m1/s1. The van der Waals surface area contributed by atoms with E-state index < -0.39 is 11.7 Å². The lowest BCUT2D eigenvalue weighted by Crippen LogP contribution is -2.54. The Labute approximate surface area is 218 Å². The summed E-state index contributed by atoms with van der Waals surface area (Å²) in [5, 5.41) is 21.4. The van der Waals surface area contributed by atoms with Crippen molar-refractivity contribution in [3.63, 3.8) is 0 Å². The number of carbonyl (C=O) groups excluding carboxylic acids is 1. The summed E-state index contributed by atoms with van der Waals surface area (Å²) in [6.07, 6.45) is 3.90. The van der Waals surface area contributed by atoms with Gasteiger partial charge in [-0.3, -0.25) is 9.48 Å². The van der Waals surface area contributed by atoms with Gasteiger partial charge in [0.1, 0.15) is 11.6 Å². The maximum absolute atomic E-state index is 14.6. The number of aliphatic hydroxyl groups excluding tert-OH is 1. The number of hydrogen-bond acceptors (Lipinski definition) is 8. The van der Waals surface area contributed by atoms with E-state index in [1.54, 1.807) is 31.6 Å². The van der Waals surface area contributed by atoms with Gasteiger partial charge in [-0.2, -0.15) is 10.1 Å². The molecule has 1 saturated heterocycles. The van der Waals surface area contributed by atoms with Crippen molar-refractivity contribution in [2.75, 3.05) is 23.3 Å². The van der Waals surface area contributed by atoms with Gasteiger partial charge < -0.3 is 25.4 Å². The van der Waals surface area contributed by atoms with Gasteiger partial charge in [-0.1, -0.05) is 0 Å². The monoisotopic (exact) mass is 519 g/mol. The molecule has 2 aromatic carbocycles. The number of nitrogens with one attached hydrogen (secondary N) is 2. The van der Waals surface area contributed by atoms with Crippen LogP contribution < -0.4 is 20.3 Å². The minimum atomic E-state index is -0.513. The van der Waals surface area contributed by atoms with Gasteiger partial charge in [-0.15, -0.1) is 0 Å². The van der Waals surface area contributed by atoms with Crippen molar-refractivity contribution in [1.29, 1.82) is 0 Å². The van der Waals surface area contributed by atoms with E-state index in [-0.39, 0.29) is 23.7 Å². The summed E-state index contributed by atoms with van der Waals surface area (Å²) in [5.41, 5.74) is 2.28. The molecular weight excluding hydrogens is 489 g/mol. The van der Waals surface area contributed by atoms with Crippen molar-refractivity contribution in [1.82, 2.24) is 25.1 Å². The molecule has 11 heteroatoms. The van der Waals surface area contributed by atoms with Crippen LogP contribution in [0.4, 0.5) is 15.8 Å². The Kier molecular flexibility index (Phi) is 6.11. The molecule has 6 rings (SSSR count). The van der Waals surface area contributed by atoms with Crippen LogP contribution in [0.25, 0.3) is 21.8 Å². The average Bonchev–Trinajstić information content (AvgIpc) is 3.22. The number of amides is 1. The van der Waals surface area contributed by atoms with Crippen molar-refractivity contribution in [3.05, 3.63) is 48.0 Å². The van der Waals surface area contributed by atoms with E-state index in [0.717, 1.165) is 24.2 Å². The number of fused-ring (bicyclic) bond motifs is 2. The summed E-state index contributed by atoms with van der Waals surface area (Å²) in [6, 6.07) is 7.36. The molecular formula is C27H30FN7O3. The third-order valence-corrected chi connectivity index (χ3v) is 7.12. The van der Waals surface area contributed by atoms with Crippen molar-refractivity contribution in [2.45, 2.75) is 51.0 Å². The second-order valence-electron chi connectivity index (χ2n) is 10.4. The highest BCUT2D eigenvalue weighted by molar-refractivity contribution is 6.14. The molecule has 2 atom stereocenters. The number of piperazine rings is 1. The van der Waals surface area contributed by atoms with Gasteiger partial charge >= 0.3 is 6.01 Å². The van der Waals surface area contributed by atoms with Crippen LogP contribution in [0.2, 0.25) is 0 Å². The number of anilines is 2. The molecule has 10 nitrogen and oxygen atoms in total. The number of benzene rings is 2. The average molecular weight is 520 g/mol. The molecule has 1 aliphatic carbocycles. The normalized spacial score (nSPS) is 23.4. The lowest BCUT2D eigenvalue weighted by molar-refractivity contribution is -0.0149. The van der Waals surface area contributed by atoms with Crippen LogP contribution in [0.1, 0.15) is 37.0 Å². The van der Waals surface area contributed by atoms with Gasteiger partial charge in [0.05, 0.1) is 17.2 Å². The second-order valence-corrected chi connectivity index (χ2v) is 10.4. The highest BCUT2D eigenvalue weighted by Crippen LogP contribution is 2.32. The van der Waals surface area contributed by atoms with Gasteiger partial charge in [0, 0.05) is 79.6 Å². The lowest BCUT2D eigenvalue weighted by atomic mass is 9.92. The van der Waals surface area contributed by atoms with Crippen molar-refractivity contribution in [3.8, 4) is 6.01 Å². The van der Waals surface area contributed by atoms with Crippen LogP contribution in [0, 0.1) is 5.82 Å². The smallest absolute Gasteiger partial charge is 0.317 e. The molecule has 3 heterocycles. The molecule has 4 aromatic rings. The number of ether oxygens (including phenoxy) is 1. The molecule has 1 aliphatic heterocycles. The highest BCUT2D eigenvalue weighted by atomic mass is 19.1. The fourth-order valence-corrected chi connectivity index (χ4v) is 5.39. The molecule has 0 unspecified atom stereocenters. The molecule has 0 radical (unpaired) electrons. The molecule has 1 amide bonds. The van der Waals surface area contributed by atoms with E-state index in [4.69, 9.17) is 4.74 Å². The number of nitrogens with zero attached hydrogens (tertiary/aromatic N) is 5. The quantitative estimate of drug-likeness (QED) is 0.369. The zero-order chi connectivity index (χ0) is 26.6. The highest BCUT2D eigenvalue weighted by Gasteiger charge is 2.30. The van der Waals surface area contributed by atoms with Crippen LogP contribution in [-0.4, -0.2) is 68.1 Å². The third-order valence-electron chi connectivity index (χ3n) is 7.12. The number of carbonyl (C=O) groups is 1. The first-order valence-electron chi connectivity index (χ1n) is 12.8. The number of aryl methyl sites for hydroxylation is 1. The van der Waals surface area contributed by atoms with Crippen LogP contribution in [-0.2, 0) is 7.05 Å². The molecule has 0 bridgehead atoms. The summed E-state index contributed by atoms with van der Waals surface area (Å²) in [6.45, 7) is 5.88. The van der Waals surface area contributed by atoms with Gasteiger partial charge in [-0.05, 0) is 38.1 Å². The van der Waals surface area contributed by atoms with E-state index in [1.807, 2.05) is 6.07 Å². The topological polar surface area (TPSA) is 117 Å². The van der Waals surface area contributed by atoms with Gasteiger partial charge in [0.15, 0.2) is 5.82 Å². The van der Waals surface area contributed by atoms with Crippen LogP contribution in [0.15, 0.2) is 36.7 Å². The van der Waals surface area contributed by atoms with Gasteiger partial charge in [0.2, 0.25) is 0 Å². The SMILES string of the molecule is C[C@@H]1CN(c2ccc(C(=O)Nc3cc(F)c4nn(C)cc4c3)c3nc(OC4CC(O)C4)ncc23)C[C@@H](C)N1. The van der Waals surface area contributed by atoms with E-state index in [0.29, 0.717) is 47.1 Å². The molecule has 2 fully saturated rings. The lowest BCUT2D eigenvalue weighted by Gasteiger charge is -2.38.